The summed E-state index contributed by atoms with van der Waals surface area (Å²) in [6, 6.07) is 1.40. The van der Waals surface area contributed by atoms with E-state index in [1.165, 1.54) is 12.3 Å². The first-order valence-corrected chi connectivity index (χ1v) is 4.14. The number of rotatable bonds is 2. The zero-order valence-corrected chi connectivity index (χ0v) is 8.31. The van der Waals surface area contributed by atoms with Crippen molar-refractivity contribution in [3.05, 3.63) is 18.0 Å². The Morgan fingerprint density at radius 1 is 1.50 bits per heavy atom. The number of carboxylic acid groups (broad SMARTS) is 1. The molecule has 0 saturated carbocycles. The quantitative estimate of drug-likeness (QED) is 0.772. The van der Waals surface area contributed by atoms with Gasteiger partial charge in [0.15, 0.2) is 5.69 Å². The van der Waals surface area contributed by atoms with Gasteiger partial charge in [-0.25, -0.2) is 9.78 Å². The van der Waals surface area contributed by atoms with Gasteiger partial charge in [-0.2, -0.15) is 4.98 Å². The molecule has 0 aliphatic carbocycles. The van der Waals surface area contributed by atoms with Gasteiger partial charge in [0.25, 0.3) is 0 Å². The molecule has 0 bridgehead atoms. The van der Waals surface area contributed by atoms with E-state index < -0.39 is 11.6 Å². The van der Waals surface area contributed by atoms with Crippen molar-refractivity contribution in [1.82, 2.24) is 9.97 Å². The minimum atomic E-state index is -1.09. The Labute approximate surface area is 81.8 Å². The van der Waals surface area contributed by atoms with Crippen LogP contribution >= 0.6 is 0 Å². The van der Waals surface area contributed by atoms with Crippen LogP contribution in [0.25, 0.3) is 0 Å². The summed E-state index contributed by atoms with van der Waals surface area (Å²) < 4.78 is 5.31. The van der Waals surface area contributed by atoms with E-state index in [0.717, 1.165) is 0 Å². The van der Waals surface area contributed by atoms with E-state index in [4.69, 9.17) is 9.84 Å². The topological polar surface area (TPSA) is 72.3 Å². The summed E-state index contributed by atoms with van der Waals surface area (Å²) in [7, 11) is 0. The van der Waals surface area contributed by atoms with Crippen molar-refractivity contribution in [2.75, 3.05) is 0 Å². The first kappa shape index (κ1) is 10.4. The van der Waals surface area contributed by atoms with Gasteiger partial charge in [0.1, 0.15) is 5.60 Å². The molecule has 0 aromatic carbocycles. The SMILES string of the molecule is CC(C)(C)Oc1nccc(C(=O)O)n1. The van der Waals surface area contributed by atoms with Gasteiger partial charge in [0, 0.05) is 6.20 Å². The van der Waals surface area contributed by atoms with Crippen LogP contribution in [0.15, 0.2) is 12.3 Å². The zero-order chi connectivity index (χ0) is 10.8. The fourth-order valence-electron chi connectivity index (χ4n) is 0.783. The zero-order valence-electron chi connectivity index (χ0n) is 8.31. The van der Waals surface area contributed by atoms with E-state index in [9.17, 15) is 4.79 Å². The highest BCUT2D eigenvalue weighted by Crippen LogP contribution is 2.12. The van der Waals surface area contributed by atoms with Crippen molar-refractivity contribution >= 4 is 5.97 Å². The molecule has 0 saturated heterocycles. The van der Waals surface area contributed by atoms with Crippen LogP contribution in [0.1, 0.15) is 31.3 Å². The Kier molecular flexibility index (Phi) is 2.69. The number of aromatic carboxylic acids is 1. The van der Waals surface area contributed by atoms with E-state index in [-0.39, 0.29) is 11.7 Å². The highest BCUT2D eigenvalue weighted by atomic mass is 16.5. The molecule has 0 amide bonds. The molecule has 14 heavy (non-hydrogen) atoms. The molecule has 1 N–H and O–H groups in total. The van der Waals surface area contributed by atoms with Crippen LogP contribution in [-0.4, -0.2) is 26.6 Å². The molecule has 0 spiro atoms. The summed E-state index contributed by atoms with van der Waals surface area (Å²) in [6.45, 7) is 5.51. The lowest BCUT2D eigenvalue weighted by Gasteiger charge is -2.18. The van der Waals surface area contributed by atoms with Gasteiger partial charge < -0.3 is 9.84 Å². The normalized spacial score (nSPS) is 11.1. The summed E-state index contributed by atoms with van der Waals surface area (Å²) in [5, 5.41) is 8.66. The van der Waals surface area contributed by atoms with Crippen molar-refractivity contribution in [2.45, 2.75) is 26.4 Å². The van der Waals surface area contributed by atoms with E-state index in [2.05, 4.69) is 9.97 Å². The molecule has 1 rings (SSSR count). The third-order valence-corrected chi connectivity index (χ3v) is 1.25. The first-order valence-electron chi connectivity index (χ1n) is 4.14. The maximum Gasteiger partial charge on any atom is 0.354 e. The van der Waals surface area contributed by atoms with Crippen LogP contribution in [0.5, 0.6) is 6.01 Å². The van der Waals surface area contributed by atoms with Crippen molar-refractivity contribution < 1.29 is 14.6 Å². The standard InChI is InChI=1S/C9H12N2O3/c1-9(2,3)14-8-10-5-4-6(11-8)7(12)13/h4-5H,1-3H3,(H,12,13). The van der Waals surface area contributed by atoms with Crippen molar-refractivity contribution in [3.8, 4) is 6.01 Å². The van der Waals surface area contributed by atoms with E-state index in [1.54, 1.807) is 0 Å². The summed E-state index contributed by atoms with van der Waals surface area (Å²) in [5.74, 6) is -1.09. The van der Waals surface area contributed by atoms with Gasteiger partial charge in [-0.3, -0.25) is 0 Å². The largest absolute Gasteiger partial charge is 0.477 e. The third kappa shape index (κ3) is 3.01. The summed E-state index contributed by atoms with van der Waals surface area (Å²) in [6.07, 6.45) is 1.36. The average molecular weight is 196 g/mol. The third-order valence-electron chi connectivity index (χ3n) is 1.25. The van der Waals surface area contributed by atoms with Crippen LogP contribution in [-0.2, 0) is 0 Å². The molecule has 1 heterocycles. The van der Waals surface area contributed by atoms with Crippen molar-refractivity contribution in [1.29, 1.82) is 0 Å². The van der Waals surface area contributed by atoms with E-state index >= 15 is 0 Å². The van der Waals surface area contributed by atoms with E-state index in [1.807, 2.05) is 20.8 Å². The molecular weight excluding hydrogens is 184 g/mol. The fourth-order valence-corrected chi connectivity index (χ4v) is 0.783. The molecule has 1 aromatic rings. The molecule has 5 heteroatoms. The molecule has 5 nitrogen and oxygen atoms in total. The van der Waals surface area contributed by atoms with E-state index in [0.29, 0.717) is 0 Å². The highest BCUT2D eigenvalue weighted by Gasteiger charge is 2.15. The second-order valence-corrected chi connectivity index (χ2v) is 3.74. The number of carbonyl (C=O) groups is 1. The maximum absolute atomic E-state index is 10.6. The number of ether oxygens (including phenoxy) is 1. The lowest BCUT2D eigenvalue weighted by molar-refractivity contribution is 0.0682. The van der Waals surface area contributed by atoms with Crippen LogP contribution < -0.4 is 4.74 Å². The predicted molar refractivity (Wildman–Crippen MR) is 49.4 cm³/mol. The lowest BCUT2D eigenvalue weighted by atomic mass is 10.2. The number of hydrogen-bond donors (Lipinski definition) is 1. The van der Waals surface area contributed by atoms with Crippen LogP contribution in [0, 0.1) is 0 Å². The number of carboxylic acids is 1. The van der Waals surface area contributed by atoms with Gasteiger partial charge in [-0.15, -0.1) is 0 Å². The van der Waals surface area contributed by atoms with Gasteiger partial charge in [0.05, 0.1) is 0 Å². The predicted octanol–water partition coefficient (Wildman–Crippen LogP) is 1.35. The maximum atomic E-state index is 10.6. The van der Waals surface area contributed by atoms with Gasteiger partial charge in [0.2, 0.25) is 0 Å². The second kappa shape index (κ2) is 3.61. The smallest absolute Gasteiger partial charge is 0.354 e. The Bertz CT molecular complexity index is 344. The Morgan fingerprint density at radius 2 is 2.14 bits per heavy atom. The number of hydrogen-bond acceptors (Lipinski definition) is 4. The number of aromatic nitrogens is 2. The second-order valence-electron chi connectivity index (χ2n) is 3.74. The highest BCUT2D eigenvalue weighted by molar-refractivity contribution is 5.85. The molecule has 0 atom stereocenters. The molecule has 0 unspecified atom stereocenters. The Balaban J connectivity index is 2.89. The molecule has 0 aliphatic rings. The lowest BCUT2D eigenvalue weighted by Crippen LogP contribution is -2.24. The molecule has 0 fully saturated rings. The molecule has 76 valence electrons. The Morgan fingerprint density at radius 3 is 2.64 bits per heavy atom. The summed E-state index contributed by atoms with van der Waals surface area (Å²) in [4.78, 5) is 18.1. The van der Waals surface area contributed by atoms with Crippen molar-refractivity contribution in [2.24, 2.45) is 0 Å². The molecule has 1 aromatic heterocycles. The van der Waals surface area contributed by atoms with Crippen LogP contribution in [0.2, 0.25) is 0 Å². The van der Waals surface area contributed by atoms with Gasteiger partial charge >= 0.3 is 12.0 Å². The Hall–Kier alpha value is -1.65. The fraction of sp³-hybridized carbons (Fsp3) is 0.444. The monoisotopic (exact) mass is 196 g/mol. The first-order chi connectivity index (χ1) is 6.38. The molecule has 0 radical (unpaired) electrons. The van der Waals surface area contributed by atoms with Crippen LogP contribution in [0.4, 0.5) is 0 Å². The van der Waals surface area contributed by atoms with Crippen molar-refractivity contribution in [3.63, 3.8) is 0 Å². The molecular formula is C9H12N2O3. The minimum absolute atomic E-state index is 0.0701. The summed E-state index contributed by atoms with van der Waals surface area (Å²) in [5.41, 5.74) is -0.504. The minimum Gasteiger partial charge on any atom is -0.477 e. The average Bonchev–Trinajstić information content (AvgIpc) is 2.01. The number of nitrogens with zero attached hydrogens (tertiary/aromatic N) is 2. The van der Waals surface area contributed by atoms with Gasteiger partial charge in [-0.1, -0.05) is 0 Å². The molecule has 0 aliphatic heterocycles. The summed E-state index contributed by atoms with van der Waals surface area (Å²) >= 11 is 0. The van der Waals surface area contributed by atoms with Gasteiger partial charge in [-0.05, 0) is 26.8 Å². The van der Waals surface area contributed by atoms with Crippen LogP contribution in [0.3, 0.4) is 0 Å².